The van der Waals surface area contributed by atoms with E-state index in [1.165, 1.54) is 22.1 Å². The van der Waals surface area contributed by atoms with Gasteiger partial charge < -0.3 is 4.43 Å². The van der Waals surface area contributed by atoms with E-state index in [-0.39, 0.29) is 0 Å². The molecular formula is C24H32OS2Si3. The molecule has 0 bridgehead atoms. The molecule has 158 valence electrons. The van der Waals surface area contributed by atoms with E-state index in [0.29, 0.717) is 0 Å². The van der Waals surface area contributed by atoms with E-state index in [1.807, 2.05) is 0 Å². The van der Waals surface area contributed by atoms with Crippen LogP contribution >= 0.6 is 25.3 Å². The summed E-state index contributed by atoms with van der Waals surface area (Å²) in [5, 5.41) is 2.90. The summed E-state index contributed by atoms with van der Waals surface area (Å²) in [5.41, 5.74) is 3.85. The first-order valence-corrected chi connectivity index (χ1v) is 20.7. The van der Waals surface area contributed by atoms with Gasteiger partial charge in [-0.25, -0.2) is 0 Å². The minimum Gasteiger partial charge on any atom is -0.548 e. The van der Waals surface area contributed by atoms with Gasteiger partial charge in [0.25, 0.3) is 0 Å². The van der Waals surface area contributed by atoms with Gasteiger partial charge in [-0.2, -0.15) is 0 Å². The van der Waals surface area contributed by atoms with Crippen molar-refractivity contribution in [3.63, 3.8) is 0 Å². The van der Waals surface area contributed by atoms with Crippen LogP contribution in [-0.4, -0.2) is 29.2 Å². The van der Waals surface area contributed by atoms with Crippen molar-refractivity contribution >= 4 is 66.6 Å². The molecule has 0 N–H and O–H groups in total. The van der Waals surface area contributed by atoms with Crippen molar-refractivity contribution in [3.05, 3.63) is 70.4 Å². The molecule has 0 atom stereocenters. The van der Waals surface area contributed by atoms with Crippen LogP contribution in [0, 0.1) is 0 Å². The molecule has 0 radical (unpaired) electrons. The van der Waals surface area contributed by atoms with E-state index in [2.05, 4.69) is 125 Å². The second-order valence-electron chi connectivity index (χ2n) is 9.87. The monoisotopic (exact) mass is 484 g/mol. The van der Waals surface area contributed by atoms with Crippen LogP contribution in [-0.2, 0) is 4.43 Å². The van der Waals surface area contributed by atoms with Gasteiger partial charge in [-0.05, 0) is 73.1 Å². The van der Waals surface area contributed by atoms with Crippen molar-refractivity contribution in [3.8, 4) is 0 Å². The number of thiol groups is 2. The summed E-state index contributed by atoms with van der Waals surface area (Å²) in [6, 6.07) is 16.9. The molecule has 0 amide bonds. The van der Waals surface area contributed by atoms with E-state index < -0.39 is 23.8 Å². The Bertz CT molecular complexity index is 1010. The van der Waals surface area contributed by atoms with Crippen LogP contribution in [0.4, 0.5) is 0 Å². The highest BCUT2D eigenvalue weighted by Crippen LogP contribution is 2.32. The molecule has 6 heteroatoms. The maximum atomic E-state index is 6.83. The van der Waals surface area contributed by atoms with Gasteiger partial charge in [-0.15, -0.1) is 25.3 Å². The number of hydrogen-bond donors (Lipinski definition) is 2. The molecule has 0 unspecified atom stereocenters. The van der Waals surface area contributed by atoms with Crippen molar-refractivity contribution < 1.29 is 4.43 Å². The quantitative estimate of drug-likeness (QED) is 0.338. The molecule has 2 aromatic rings. The Kier molecular flexibility index (Phi) is 7.24. The lowest BCUT2D eigenvalue weighted by atomic mass is 10.1. The summed E-state index contributed by atoms with van der Waals surface area (Å²) in [4.78, 5) is 1.99. The second-order valence-corrected chi connectivity index (χ2v) is 27.7. The Labute approximate surface area is 196 Å². The molecule has 0 saturated carbocycles. The predicted molar refractivity (Wildman–Crippen MR) is 146 cm³/mol. The standard InChI is InChI=1S/C24H32OS2Si3/c1-29(2,3)25-24-20(15-18-7-11-21(26)12-8-18)17-23(28(24)30(4,5)6)16-19-9-13-22(27)14-10-19/h7-16,26-27H,17H2,1-6H3/b20-15+,23-16+. The molecule has 3 rings (SSSR count). The van der Waals surface area contributed by atoms with Crippen molar-refractivity contribution in [2.24, 2.45) is 0 Å². The van der Waals surface area contributed by atoms with Crippen LogP contribution < -0.4 is 0 Å². The maximum Gasteiger partial charge on any atom is 0.241 e. The zero-order chi connectivity index (χ0) is 22.1. The van der Waals surface area contributed by atoms with E-state index in [9.17, 15) is 0 Å². The molecular weight excluding hydrogens is 453 g/mol. The molecule has 30 heavy (non-hydrogen) atoms. The third-order valence-electron chi connectivity index (χ3n) is 4.85. The number of hydrogen-bond acceptors (Lipinski definition) is 3. The van der Waals surface area contributed by atoms with Crippen LogP contribution in [0.2, 0.25) is 39.3 Å². The third-order valence-corrected chi connectivity index (χ3v) is 15.9. The summed E-state index contributed by atoms with van der Waals surface area (Å²) >= 11 is 8.87. The number of allylic oxidation sites excluding steroid dienone is 1. The van der Waals surface area contributed by atoms with Gasteiger partial charge in [0, 0.05) is 9.79 Å². The average molecular weight is 485 g/mol. The zero-order valence-corrected chi connectivity index (χ0v) is 23.6. The third kappa shape index (κ3) is 6.23. The fourth-order valence-electron chi connectivity index (χ4n) is 3.71. The highest BCUT2D eigenvalue weighted by Gasteiger charge is 2.37. The van der Waals surface area contributed by atoms with Gasteiger partial charge in [0.2, 0.25) is 8.32 Å². The fourth-order valence-corrected chi connectivity index (χ4v) is 15.5. The number of benzene rings is 2. The Morgan fingerprint density at radius 2 is 1.23 bits per heavy atom. The second kappa shape index (κ2) is 9.20. The summed E-state index contributed by atoms with van der Waals surface area (Å²) in [6.07, 6.45) is 5.75. The van der Waals surface area contributed by atoms with Crippen molar-refractivity contribution in [2.75, 3.05) is 0 Å². The van der Waals surface area contributed by atoms with Crippen molar-refractivity contribution in [1.29, 1.82) is 0 Å². The fraction of sp³-hybridized carbons (Fsp3) is 0.292. The number of rotatable bonds is 5. The lowest BCUT2D eigenvalue weighted by Crippen LogP contribution is -2.43. The van der Waals surface area contributed by atoms with E-state index in [1.54, 1.807) is 5.20 Å². The van der Waals surface area contributed by atoms with Gasteiger partial charge >= 0.3 is 0 Å². The molecule has 1 aliphatic heterocycles. The molecule has 1 aliphatic rings. The Morgan fingerprint density at radius 3 is 1.67 bits per heavy atom. The lowest BCUT2D eigenvalue weighted by Gasteiger charge is -2.26. The molecule has 1 heterocycles. The van der Waals surface area contributed by atoms with Crippen LogP contribution in [0.1, 0.15) is 17.5 Å². The first-order valence-electron chi connectivity index (χ1n) is 10.4. The maximum absolute atomic E-state index is 6.83. The molecule has 0 spiro atoms. The minimum atomic E-state index is -1.72. The van der Waals surface area contributed by atoms with Crippen molar-refractivity contribution in [2.45, 2.75) is 55.5 Å². The highest BCUT2D eigenvalue weighted by molar-refractivity contribution is 7.80. The SMILES string of the molecule is C[Si](C)(C)OC1=[Si]([Si](C)(C)C)C(=C/c2ccc(S)cc2)/C/C1=C\c1ccc(S)cc1. The molecule has 1 nitrogen and oxygen atoms in total. The molecule has 0 aliphatic carbocycles. The zero-order valence-electron chi connectivity index (χ0n) is 18.8. The van der Waals surface area contributed by atoms with Gasteiger partial charge in [0.1, 0.15) is 0 Å². The van der Waals surface area contributed by atoms with Crippen LogP contribution in [0.5, 0.6) is 0 Å². The Morgan fingerprint density at radius 1 is 0.767 bits per heavy atom. The highest BCUT2D eigenvalue weighted by atomic mass is 32.1. The summed E-state index contributed by atoms with van der Waals surface area (Å²) in [7, 11) is -4.07. The predicted octanol–water partition coefficient (Wildman–Crippen LogP) is 7.15. The lowest BCUT2D eigenvalue weighted by molar-refractivity contribution is 0.565. The van der Waals surface area contributed by atoms with Gasteiger partial charge in [-0.1, -0.05) is 55.2 Å². The topological polar surface area (TPSA) is 9.23 Å². The normalized spacial score (nSPS) is 17.9. The molecule has 0 fully saturated rings. The van der Waals surface area contributed by atoms with Crippen LogP contribution in [0.25, 0.3) is 12.2 Å². The van der Waals surface area contributed by atoms with E-state index in [4.69, 9.17) is 4.43 Å². The smallest absolute Gasteiger partial charge is 0.241 e. The van der Waals surface area contributed by atoms with Gasteiger partial charge in [0.05, 0.1) is 20.9 Å². The average Bonchev–Trinajstić information content (AvgIpc) is 2.94. The van der Waals surface area contributed by atoms with Gasteiger partial charge in [0.15, 0.2) is 0 Å². The summed E-state index contributed by atoms with van der Waals surface area (Å²) in [6.45, 7) is 14.4. The van der Waals surface area contributed by atoms with Gasteiger partial charge in [-0.3, -0.25) is 0 Å². The van der Waals surface area contributed by atoms with Crippen LogP contribution in [0.15, 0.2) is 69.1 Å². The Hall–Kier alpha value is -1.06. The summed E-state index contributed by atoms with van der Waals surface area (Å²) < 4.78 is 6.83. The molecule has 0 saturated heterocycles. The first kappa shape index (κ1) is 23.6. The minimum absolute atomic E-state index is 0.894. The van der Waals surface area contributed by atoms with E-state index in [0.717, 1.165) is 16.2 Å². The summed E-state index contributed by atoms with van der Waals surface area (Å²) in [5.74, 6) is 0. The first-order chi connectivity index (χ1) is 13.9. The molecule has 0 aromatic heterocycles. The van der Waals surface area contributed by atoms with Crippen molar-refractivity contribution in [1.82, 2.24) is 0 Å². The molecule has 2 aromatic carbocycles. The Balaban J connectivity index is 2.16. The van der Waals surface area contributed by atoms with Crippen LogP contribution in [0.3, 0.4) is 0 Å². The largest absolute Gasteiger partial charge is 0.548 e. The van der Waals surface area contributed by atoms with E-state index >= 15 is 0 Å².